The van der Waals surface area contributed by atoms with Crippen LogP contribution in [0.1, 0.15) is 6.42 Å². The maximum Gasteiger partial charge on any atom is 0.376 e. The third-order valence-electron chi connectivity index (χ3n) is 1.18. The lowest BCUT2D eigenvalue weighted by Gasteiger charge is -2.09. The largest absolute Gasteiger partial charge is 0.464 e. The maximum absolute atomic E-state index is 12.0. The number of rotatable bonds is 4. The molecule has 76 valence electrons. The van der Waals surface area contributed by atoms with Gasteiger partial charge in [0, 0.05) is 0 Å². The number of carbonyl (C=O) groups excluding carboxylic acids is 2. The zero-order valence-corrected chi connectivity index (χ0v) is 8.05. The van der Waals surface area contributed by atoms with Gasteiger partial charge in [-0.1, -0.05) is 0 Å². The topological polar surface area (TPSA) is 43.4 Å². The number of esters is 1. The van der Waals surface area contributed by atoms with Crippen LogP contribution in [0.4, 0.5) is 13.4 Å². The van der Waals surface area contributed by atoms with Gasteiger partial charge < -0.3 is 4.74 Å². The third kappa shape index (κ3) is 4.23. The zero-order chi connectivity index (χ0) is 10.6. The van der Waals surface area contributed by atoms with Gasteiger partial charge in [-0.3, -0.25) is 4.79 Å². The van der Waals surface area contributed by atoms with E-state index in [1.807, 2.05) is 0 Å². The van der Waals surface area contributed by atoms with Crippen molar-refractivity contribution in [3.05, 3.63) is 0 Å². The highest BCUT2D eigenvalue weighted by Crippen LogP contribution is 2.22. The second-order valence-electron chi connectivity index (χ2n) is 2.08. The Morgan fingerprint density at radius 2 is 1.92 bits per heavy atom. The van der Waals surface area contributed by atoms with Crippen LogP contribution in [0.25, 0.3) is 0 Å². The SMILES string of the molecule is COC(=O)[C@@H](CC(=O)Br)[N+](F)(F)F. The standard InChI is InChI=1S/C5H6BrF3NO3/c1-13-5(12)3(2-4(6)11)10(7,8)9/h3H,2H2,1H3/q+1/t3-/m1/s1. The van der Waals surface area contributed by atoms with Crippen molar-refractivity contribution in [2.24, 2.45) is 0 Å². The summed E-state index contributed by atoms with van der Waals surface area (Å²) in [7, 11) is 0.823. The van der Waals surface area contributed by atoms with Crippen LogP contribution in [0, 0.1) is 0 Å². The molecule has 0 aliphatic heterocycles. The smallest absolute Gasteiger partial charge is 0.376 e. The number of nitrogens with zero attached hydrogens (tertiary/aromatic N) is 1. The number of quaternary nitrogens is 1. The van der Waals surface area contributed by atoms with Crippen LogP contribution in [-0.2, 0) is 14.3 Å². The van der Waals surface area contributed by atoms with Crippen LogP contribution >= 0.6 is 15.9 Å². The van der Waals surface area contributed by atoms with Crippen molar-refractivity contribution in [1.29, 1.82) is 0 Å². The van der Waals surface area contributed by atoms with E-state index in [-0.39, 0.29) is 0 Å². The van der Waals surface area contributed by atoms with Crippen LogP contribution in [0.2, 0.25) is 0 Å². The summed E-state index contributed by atoms with van der Waals surface area (Å²) in [4.78, 5) is 20.9. The molecule has 0 spiro atoms. The number of methoxy groups -OCH3 is 1. The molecule has 1 atom stereocenters. The van der Waals surface area contributed by atoms with E-state index in [9.17, 15) is 23.0 Å². The Labute approximate surface area is 79.8 Å². The lowest BCUT2D eigenvalue weighted by atomic mass is 10.2. The summed E-state index contributed by atoms with van der Waals surface area (Å²) in [5, 5.41) is -4.12. The molecule has 13 heavy (non-hydrogen) atoms. The third-order valence-corrected chi connectivity index (χ3v) is 1.50. The van der Waals surface area contributed by atoms with Gasteiger partial charge in [-0.2, -0.15) is 0 Å². The van der Waals surface area contributed by atoms with E-state index in [0.717, 1.165) is 7.11 Å². The minimum Gasteiger partial charge on any atom is -0.464 e. The predicted molar refractivity (Wildman–Crippen MR) is 37.9 cm³/mol. The Morgan fingerprint density at radius 3 is 2.15 bits per heavy atom. The second kappa shape index (κ2) is 4.56. The van der Waals surface area contributed by atoms with Crippen LogP contribution in [-0.4, -0.2) is 29.0 Å². The Balaban J connectivity index is 4.56. The fourth-order valence-corrected chi connectivity index (χ4v) is 0.901. The average molecular weight is 265 g/mol. The van der Waals surface area contributed by atoms with Crippen molar-refractivity contribution >= 4 is 26.6 Å². The molecule has 0 heterocycles. The number of halogens is 4. The molecule has 0 fully saturated rings. The van der Waals surface area contributed by atoms with Crippen molar-refractivity contribution in [3.63, 3.8) is 0 Å². The van der Waals surface area contributed by atoms with Gasteiger partial charge in [-0.25, -0.2) is 4.79 Å². The predicted octanol–water partition coefficient (Wildman–Crippen LogP) is 1.31. The molecule has 0 rings (SSSR count). The van der Waals surface area contributed by atoms with Gasteiger partial charge >= 0.3 is 12.0 Å². The summed E-state index contributed by atoms with van der Waals surface area (Å²) in [5.41, 5.74) is 0. The first-order valence-electron chi connectivity index (χ1n) is 3.03. The molecule has 0 aromatic heterocycles. The fourth-order valence-electron chi connectivity index (χ4n) is 0.594. The second-order valence-corrected chi connectivity index (χ2v) is 2.97. The number of ether oxygens (including phenoxy) is 1. The molecule has 0 radical (unpaired) electrons. The molecule has 0 bridgehead atoms. The lowest BCUT2D eigenvalue weighted by Crippen LogP contribution is -2.42. The summed E-state index contributed by atoms with van der Waals surface area (Å²) in [6.45, 7) is 0. The zero-order valence-electron chi connectivity index (χ0n) is 6.47. The number of hydrogen-bond acceptors (Lipinski definition) is 3. The molecule has 0 unspecified atom stereocenters. The highest BCUT2D eigenvalue weighted by Gasteiger charge is 2.51. The Hall–Kier alpha value is -0.630. The molecular formula is C5H6BrF3NO3+. The van der Waals surface area contributed by atoms with Gasteiger partial charge in [-0.15, -0.1) is 0 Å². The van der Waals surface area contributed by atoms with Crippen molar-refractivity contribution in [1.82, 2.24) is 0 Å². The molecule has 0 aliphatic carbocycles. The maximum atomic E-state index is 12.0. The molecule has 4 nitrogen and oxygen atoms in total. The normalized spacial score (nSPS) is 13.6. The summed E-state index contributed by atoms with van der Waals surface area (Å²) in [5.74, 6) is -1.49. The molecule has 0 saturated heterocycles. The summed E-state index contributed by atoms with van der Waals surface area (Å²) < 4.78 is 38.9. The van der Waals surface area contributed by atoms with Gasteiger partial charge in [0.2, 0.25) is 4.69 Å². The van der Waals surface area contributed by atoms with E-state index in [1.165, 1.54) is 0 Å². The van der Waals surface area contributed by atoms with Crippen LogP contribution in [0.15, 0.2) is 0 Å². The van der Waals surface area contributed by atoms with E-state index in [0.29, 0.717) is 0 Å². The minimum atomic E-state index is -4.12. The first kappa shape index (κ1) is 12.4. The summed E-state index contributed by atoms with van der Waals surface area (Å²) in [6, 6.07) is -2.45. The van der Waals surface area contributed by atoms with Gasteiger partial charge in [-0.05, 0) is 15.9 Å². The van der Waals surface area contributed by atoms with Crippen molar-refractivity contribution in [2.75, 3.05) is 7.11 Å². The van der Waals surface area contributed by atoms with Crippen LogP contribution in [0.5, 0.6) is 0 Å². The monoisotopic (exact) mass is 264 g/mol. The van der Waals surface area contributed by atoms with Gasteiger partial charge in [0.05, 0.1) is 27.0 Å². The molecular weight excluding hydrogens is 259 g/mol. The van der Waals surface area contributed by atoms with Crippen LogP contribution < -0.4 is 0 Å². The molecule has 0 aliphatic rings. The van der Waals surface area contributed by atoms with Gasteiger partial charge in [0.15, 0.2) is 0 Å². The van der Waals surface area contributed by atoms with E-state index in [4.69, 9.17) is 0 Å². The van der Waals surface area contributed by atoms with E-state index in [1.54, 1.807) is 0 Å². The molecule has 0 amide bonds. The van der Waals surface area contributed by atoms with Crippen molar-refractivity contribution < 1.29 is 32.9 Å². The fraction of sp³-hybridized carbons (Fsp3) is 0.600. The Morgan fingerprint density at radius 1 is 1.46 bits per heavy atom. The minimum absolute atomic E-state index is 0.823. The van der Waals surface area contributed by atoms with Crippen molar-refractivity contribution in [2.45, 2.75) is 12.5 Å². The Bertz CT molecular complexity index is 218. The first-order valence-corrected chi connectivity index (χ1v) is 3.82. The molecule has 0 aromatic rings. The summed E-state index contributed by atoms with van der Waals surface area (Å²) in [6.07, 6.45) is -0.976. The lowest BCUT2D eigenvalue weighted by molar-refractivity contribution is -1.28. The highest BCUT2D eigenvalue weighted by atomic mass is 79.9. The molecule has 0 N–H and O–H groups in total. The number of hydrogen-bond donors (Lipinski definition) is 0. The van der Waals surface area contributed by atoms with E-state index >= 15 is 0 Å². The first-order chi connectivity index (χ1) is 5.79. The van der Waals surface area contributed by atoms with Crippen molar-refractivity contribution in [3.8, 4) is 0 Å². The number of carbonyl (C=O) groups is 2. The van der Waals surface area contributed by atoms with E-state index in [2.05, 4.69) is 20.7 Å². The molecule has 8 heteroatoms. The molecule has 0 saturated carbocycles. The van der Waals surface area contributed by atoms with Gasteiger partial charge in [0.25, 0.3) is 5.15 Å². The van der Waals surface area contributed by atoms with Crippen LogP contribution in [0.3, 0.4) is 0 Å². The molecule has 0 aromatic carbocycles. The van der Waals surface area contributed by atoms with Gasteiger partial charge in [0.1, 0.15) is 0 Å². The highest BCUT2D eigenvalue weighted by molar-refractivity contribution is 9.18. The van der Waals surface area contributed by atoms with E-state index < -0.39 is 28.3 Å². The average Bonchev–Trinajstić information content (AvgIpc) is 1.96. The summed E-state index contributed by atoms with van der Waals surface area (Å²) >= 11 is 2.31. The Kier molecular flexibility index (Phi) is 4.34. The quantitative estimate of drug-likeness (QED) is 0.437.